The number of hydrogen-bond donors (Lipinski definition) is 4. The largest absolute Gasteiger partial charge is 0.457 e. The summed E-state index contributed by atoms with van der Waals surface area (Å²) in [5.41, 5.74) is 0. The summed E-state index contributed by atoms with van der Waals surface area (Å²) >= 11 is 0. The SMILES string of the molecule is CC/C=C\C/C=C\C/C=C\C/C=C\CCCCCCCCCCCOCC(COC1OC(CO)C(O)C(OS(=O)(=O)O)C1O)OC(=O)CCC. The van der Waals surface area contributed by atoms with Crippen LogP contribution >= 0.6 is 0 Å². The second-order valence-electron chi connectivity index (χ2n) is 12.4. The minimum absolute atomic E-state index is 0.0240. The maximum Gasteiger partial charge on any atom is 0.397 e. The first-order chi connectivity index (χ1) is 24.1. The van der Waals surface area contributed by atoms with Crippen molar-refractivity contribution in [3.63, 3.8) is 0 Å². The van der Waals surface area contributed by atoms with E-state index >= 15 is 0 Å². The lowest BCUT2D eigenvalue weighted by atomic mass is 9.99. The summed E-state index contributed by atoms with van der Waals surface area (Å²) in [6.45, 7) is 3.44. The molecule has 0 spiro atoms. The standard InChI is InChI=1S/C37H64O12S/c1-3-5-6-7-8-9-10-11-12-13-14-15-16-17-18-19-20-21-22-23-24-25-27-45-29-31(47-33(39)26-4-2)30-46-37-35(41)36(49-50(42,43)44)34(40)32(28-38)48-37/h5-6,8-9,11-12,14-15,31-32,34-38,40-41H,3-4,7,10,13,16-30H2,1-2H3,(H,42,43,44)/b6-5-,9-8-,12-11-,15-14-. The molecular weight excluding hydrogens is 668 g/mol. The van der Waals surface area contributed by atoms with Crippen LogP contribution in [0, 0.1) is 0 Å². The minimum Gasteiger partial charge on any atom is -0.457 e. The van der Waals surface area contributed by atoms with Gasteiger partial charge in [0, 0.05) is 13.0 Å². The van der Waals surface area contributed by atoms with Crippen molar-refractivity contribution in [1.29, 1.82) is 0 Å². The third-order valence-corrected chi connectivity index (χ3v) is 8.40. The summed E-state index contributed by atoms with van der Waals surface area (Å²) in [5.74, 6) is -0.458. The molecule has 0 aromatic rings. The number of aliphatic hydroxyl groups is 3. The van der Waals surface area contributed by atoms with Crippen molar-refractivity contribution in [2.45, 2.75) is 153 Å². The van der Waals surface area contributed by atoms with Crippen molar-refractivity contribution in [2.24, 2.45) is 0 Å². The van der Waals surface area contributed by atoms with Crippen LogP contribution < -0.4 is 0 Å². The van der Waals surface area contributed by atoms with Gasteiger partial charge in [0.05, 0.1) is 19.8 Å². The number of aliphatic hydroxyl groups excluding tert-OH is 3. The van der Waals surface area contributed by atoms with Gasteiger partial charge in [-0.15, -0.1) is 0 Å². The Morgan fingerprint density at radius 2 is 1.34 bits per heavy atom. The van der Waals surface area contributed by atoms with Crippen LogP contribution in [0.15, 0.2) is 48.6 Å². The molecule has 6 unspecified atom stereocenters. The van der Waals surface area contributed by atoms with Gasteiger partial charge in [0.25, 0.3) is 0 Å². The molecule has 1 aliphatic heterocycles. The molecule has 290 valence electrons. The highest BCUT2D eigenvalue weighted by molar-refractivity contribution is 7.80. The number of allylic oxidation sites excluding steroid dienone is 8. The molecule has 1 fully saturated rings. The Bertz CT molecular complexity index is 1070. The zero-order valence-electron chi connectivity index (χ0n) is 30.2. The first-order valence-corrected chi connectivity index (χ1v) is 19.8. The summed E-state index contributed by atoms with van der Waals surface area (Å²) in [4.78, 5) is 12.2. The van der Waals surface area contributed by atoms with Crippen molar-refractivity contribution >= 4 is 16.4 Å². The molecule has 1 heterocycles. The van der Waals surface area contributed by atoms with Crippen LogP contribution in [-0.4, -0.2) is 97.5 Å². The van der Waals surface area contributed by atoms with Crippen molar-refractivity contribution in [3.8, 4) is 0 Å². The van der Waals surface area contributed by atoms with E-state index in [0.717, 1.165) is 51.4 Å². The van der Waals surface area contributed by atoms with E-state index < -0.39 is 59.8 Å². The fourth-order valence-corrected chi connectivity index (χ4v) is 5.74. The van der Waals surface area contributed by atoms with Crippen LogP contribution in [0.3, 0.4) is 0 Å². The van der Waals surface area contributed by atoms with Gasteiger partial charge < -0.3 is 34.3 Å². The molecule has 0 saturated carbocycles. The van der Waals surface area contributed by atoms with Crippen LogP contribution in [0.1, 0.15) is 117 Å². The average Bonchev–Trinajstić information content (AvgIpc) is 3.07. The number of unbranched alkanes of at least 4 members (excludes halogenated alkanes) is 9. The third kappa shape index (κ3) is 23.5. The maximum atomic E-state index is 12.2. The molecule has 0 radical (unpaired) electrons. The van der Waals surface area contributed by atoms with E-state index in [0.29, 0.717) is 13.0 Å². The Balaban J connectivity index is 2.20. The van der Waals surface area contributed by atoms with Crippen molar-refractivity contribution < 1.29 is 56.2 Å². The van der Waals surface area contributed by atoms with Crippen LogP contribution in [0.25, 0.3) is 0 Å². The monoisotopic (exact) mass is 732 g/mol. The second kappa shape index (κ2) is 29.6. The van der Waals surface area contributed by atoms with Gasteiger partial charge in [-0.25, -0.2) is 4.18 Å². The Hall–Kier alpha value is -1.94. The molecule has 0 aromatic carbocycles. The van der Waals surface area contributed by atoms with E-state index in [2.05, 4.69) is 59.7 Å². The first-order valence-electron chi connectivity index (χ1n) is 18.4. The van der Waals surface area contributed by atoms with Gasteiger partial charge in [0.1, 0.15) is 30.5 Å². The number of esters is 1. The molecule has 0 bridgehead atoms. The normalized spacial score (nSPS) is 22.4. The predicted octanol–water partition coefficient (Wildman–Crippen LogP) is 6.06. The molecule has 0 amide bonds. The van der Waals surface area contributed by atoms with E-state index in [1.807, 2.05) is 6.92 Å². The van der Waals surface area contributed by atoms with E-state index in [-0.39, 0.29) is 19.6 Å². The Morgan fingerprint density at radius 1 is 0.780 bits per heavy atom. The highest BCUT2D eigenvalue weighted by atomic mass is 32.3. The van der Waals surface area contributed by atoms with Crippen LogP contribution in [-0.2, 0) is 38.3 Å². The highest BCUT2D eigenvalue weighted by Crippen LogP contribution is 2.26. The molecule has 4 N–H and O–H groups in total. The summed E-state index contributed by atoms with van der Waals surface area (Å²) in [6, 6.07) is 0. The lowest BCUT2D eigenvalue weighted by molar-refractivity contribution is -0.301. The lowest BCUT2D eigenvalue weighted by Gasteiger charge is -2.41. The van der Waals surface area contributed by atoms with Gasteiger partial charge in [0.15, 0.2) is 6.29 Å². The highest BCUT2D eigenvalue weighted by Gasteiger charge is 2.48. The van der Waals surface area contributed by atoms with Gasteiger partial charge >= 0.3 is 16.4 Å². The van der Waals surface area contributed by atoms with Crippen LogP contribution in [0.5, 0.6) is 0 Å². The topological polar surface area (TPSA) is 178 Å². The molecule has 1 rings (SSSR count). The lowest BCUT2D eigenvalue weighted by Crippen LogP contribution is -2.60. The molecule has 1 saturated heterocycles. The quantitative estimate of drug-likeness (QED) is 0.0291. The Kier molecular flexibility index (Phi) is 27.3. The van der Waals surface area contributed by atoms with Gasteiger partial charge in [-0.3, -0.25) is 9.35 Å². The number of carbonyl (C=O) groups excluding carboxylic acids is 1. The Morgan fingerprint density at radius 3 is 1.90 bits per heavy atom. The number of hydrogen-bond acceptors (Lipinski definition) is 11. The van der Waals surface area contributed by atoms with Gasteiger partial charge in [-0.2, -0.15) is 8.42 Å². The Labute approximate surface area is 300 Å². The second-order valence-corrected chi connectivity index (χ2v) is 13.5. The fraction of sp³-hybridized carbons (Fsp3) is 0.757. The zero-order valence-corrected chi connectivity index (χ0v) is 31.0. The van der Waals surface area contributed by atoms with Crippen molar-refractivity contribution in [3.05, 3.63) is 48.6 Å². The maximum absolute atomic E-state index is 12.2. The molecule has 0 aromatic heterocycles. The number of ether oxygens (including phenoxy) is 4. The predicted molar refractivity (Wildman–Crippen MR) is 193 cm³/mol. The van der Waals surface area contributed by atoms with E-state index in [1.165, 1.54) is 38.5 Å². The molecule has 13 heteroatoms. The molecule has 1 aliphatic rings. The summed E-state index contributed by atoms with van der Waals surface area (Å²) in [5, 5.41) is 30.2. The minimum atomic E-state index is -5.04. The fourth-order valence-electron chi connectivity index (χ4n) is 5.23. The molecule has 0 aliphatic carbocycles. The molecule has 6 atom stereocenters. The van der Waals surface area contributed by atoms with Crippen molar-refractivity contribution in [2.75, 3.05) is 26.4 Å². The smallest absolute Gasteiger partial charge is 0.397 e. The summed E-state index contributed by atoms with van der Waals surface area (Å²) < 4.78 is 57.9. The van der Waals surface area contributed by atoms with Gasteiger partial charge in [-0.05, 0) is 51.4 Å². The van der Waals surface area contributed by atoms with Crippen molar-refractivity contribution in [1.82, 2.24) is 0 Å². The average molecular weight is 733 g/mol. The number of carbonyl (C=O) groups is 1. The third-order valence-electron chi connectivity index (χ3n) is 7.94. The van der Waals surface area contributed by atoms with E-state index in [9.17, 15) is 28.5 Å². The summed E-state index contributed by atoms with van der Waals surface area (Å²) in [6.07, 6.45) is 24.9. The first kappa shape index (κ1) is 46.1. The van der Waals surface area contributed by atoms with Gasteiger partial charge in [0.2, 0.25) is 0 Å². The molecule has 12 nitrogen and oxygen atoms in total. The van der Waals surface area contributed by atoms with E-state index in [4.69, 9.17) is 23.5 Å². The van der Waals surface area contributed by atoms with Crippen LogP contribution in [0.4, 0.5) is 0 Å². The number of rotatable bonds is 30. The van der Waals surface area contributed by atoms with Gasteiger partial charge in [-0.1, -0.05) is 107 Å². The summed E-state index contributed by atoms with van der Waals surface area (Å²) in [7, 11) is -5.04. The molecular formula is C37H64O12S. The zero-order chi connectivity index (χ0) is 36.9. The van der Waals surface area contributed by atoms with Crippen LogP contribution in [0.2, 0.25) is 0 Å². The van der Waals surface area contributed by atoms with E-state index in [1.54, 1.807) is 0 Å². The molecule has 50 heavy (non-hydrogen) atoms.